The van der Waals surface area contributed by atoms with Gasteiger partial charge >= 0.3 is 0 Å². The molecule has 0 unspecified atom stereocenters. The summed E-state index contributed by atoms with van der Waals surface area (Å²) in [5.41, 5.74) is 1.60. The van der Waals surface area contributed by atoms with Crippen molar-refractivity contribution in [1.82, 2.24) is 4.31 Å². The lowest BCUT2D eigenvalue weighted by molar-refractivity contribution is -0.114. The molecule has 0 saturated carbocycles. The Hall–Kier alpha value is -2.71. The van der Waals surface area contributed by atoms with Crippen LogP contribution in [0.3, 0.4) is 0 Å². The van der Waals surface area contributed by atoms with Gasteiger partial charge in [-0.05, 0) is 50.1 Å². The minimum Gasteiger partial charge on any atom is -0.376 e. The van der Waals surface area contributed by atoms with Crippen molar-refractivity contribution in [3.63, 3.8) is 0 Å². The minimum atomic E-state index is -3.52. The van der Waals surface area contributed by atoms with Crippen molar-refractivity contribution in [2.75, 3.05) is 30.3 Å². The van der Waals surface area contributed by atoms with E-state index in [0.717, 1.165) is 19.3 Å². The highest BCUT2D eigenvalue weighted by Crippen LogP contribution is 2.22. The normalized spacial score (nSPS) is 14.9. The number of sulfonamides is 1. The Morgan fingerprint density at radius 3 is 2.38 bits per heavy atom. The maximum atomic E-state index is 12.8. The Balaban J connectivity index is 1.62. The second-order valence-electron chi connectivity index (χ2n) is 7.03. The van der Waals surface area contributed by atoms with E-state index in [9.17, 15) is 18.0 Å². The maximum absolute atomic E-state index is 12.8. The van der Waals surface area contributed by atoms with Gasteiger partial charge in [-0.15, -0.1) is 0 Å². The summed E-state index contributed by atoms with van der Waals surface area (Å²) in [6.07, 6.45) is 2.81. The van der Waals surface area contributed by atoms with Crippen LogP contribution in [0, 0.1) is 0 Å². The number of hydrogen-bond acceptors (Lipinski definition) is 5. The lowest BCUT2D eigenvalue weighted by Gasteiger charge is -2.26. The third-order valence-electron chi connectivity index (χ3n) is 4.79. The van der Waals surface area contributed by atoms with E-state index in [0.29, 0.717) is 30.0 Å². The van der Waals surface area contributed by atoms with E-state index in [1.807, 2.05) is 0 Å². The quantitative estimate of drug-likeness (QED) is 0.678. The molecule has 0 bridgehead atoms. The van der Waals surface area contributed by atoms with Crippen molar-refractivity contribution >= 4 is 33.1 Å². The number of nitrogens with zero attached hydrogens (tertiary/aromatic N) is 1. The van der Waals surface area contributed by atoms with Gasteiger partial charge in [-0.25, -0.2) is 8.42 Å². The summed E-state index contributed by atoms with van der Waals surface area (Å²) in [5.74, 6) is -0.374. The topological polar surface area (TPSA) is 95.6 Å². The van der Waals surface area contributed by atoms with Crippen molar-refractivity contribution in [3.8, 4) is 0 Å². The number of rotatable bonds is 7. The van der Waals surface area contributed by atoms with Gasteiger partial charge in [-0.3, -0.25) is 9.59 Å². The fourth-order valence-corrected chi connectivity index (χ4v) is 4.79. The molecule has 154 valence electrons. The molecule has 0 radical (unpaired) electrons. The molecule has 0 atom stereocenters. The van der Waals surface area contributed by atoms with Gasteiger partial charge in [-0.1, -0.05) is 24.6 Å². The summed E-state index contributed by atoms with van der Waals surface area (Å²) in [6, 6.07) is 13.2. The predicted octanol–water partition coefficient (Wildman–Crippen LogP) is 3.11. The van der Waals surface area contributed by atoms with E-state index in [-0.39, 0.29) is 23.1 Å². The Morgan fingerprint density at radius 2 is 1.66 bits per heavy atom. The monoisotopic (exact) mass is 415 g/mol. The fourth-order valence-electron chi connectivity index (χ4n) is 3.22. The molecule has 7 nitrogen and oxygen atoms in total. The van der Waals surface area contributed by atoms with Crippen LogP contribution < -0.4 is 10.6 Å². The summed E-state index contributed by atoms with van der Waals surface area (Å²) in [7, 11) is -3.52. The highest BCUT2D eigenvalue weighted by Gasteiger charge is 2.25. The Labute approximate surface area is 171 Å². The van der Waals surface area contributed by atoms with Crippen LogP contribution in [0.2, 0.25) is 0 Å². The van der Waals surface area contributed by atoms with Gasteiger partial charge in [0.2, 0.25) is 15.9 Å². The second kappa shape index (κ2) is 9.19. The molecule has 0 aromatic heterocycles. The maximum Gasteiger partial charge on any atom is 0.243 e. The highest BCUT2D eigenvalue weighted by atomic mass is 32.2. The first-order chi connectivity index (χ1) is 13.9. The Kier molecular flexibility index (Phi) is 6.66. The van der Waals surface area contributed by atoms with Crippen molar-refractivity contribution in [2.45, 2.75) is 31.1 Å². The molecule has 2 N–H and O–H groups in total. The number of carbonyl (C=O) groups is 2. The van der Waals surface area contributed by atoms with Crippen LogP contribution in [0.25, 0.3) is 0 Å². The van der Waals surface area contributed by atoms with E-state index in [2.05, 4.69) is 10.6 Å². The molecule has 1 heterocycles. The summed E-state index contributed by atoms with van der Waals surface area (Å²) in [4.78, 5) is 23.9. The molecule has 0 aliphatic carbocycles. The molecule has 1 aliphatic heterocycles. The van der Waals surface area contributed by atoms with Crippen LogP contribution in [-0.2, 0) is 14.8 Å². The summed E-state index contributed by atoms with van der Waals surface area (Å²) >= 11 is 0. The molecule has 1 saturated heterocycles. The molecule has 3 rings (SSSR count). The smallest absolute Gasteiger partial charge is 0.243 e. The molecule has 1 aliphatic rings. The van der Waals surface area contributed by atoms with E-state index < -0.39 is 10.0 Å². The number of carbonyl (C=O) groups excluding carboxylic acids is 2. The van der Waals surface area contributed by atoms with Crippen molar-refractivity contribution < 1.29 is 18.0 Å². The molecule has 2 aromatic rings. The number of hydrogen-bond donors (Lipinski definition) is 2. The summed E-state index contributed by atoms with van der Waals surface area (Å²) in [6.45, 7) is 2.52. The average Bonchev–Trinajstić information content (AvgIpc) is 2.73. The van der Waals surface area contributed by atoms with Crippen molar-refractivity contribution in [3.05, 3.63) is 54.1 Å². The predicted molar refractivity (Wildman–Crippen MR) is 113 cm³/mol. The van der Waals surface area contributed by atoms with E-state index in [4.69, 9.17) is 0 Å². The third kappa shape index (κ3) is 5.42. The first-order valence-corrected chi connectivity index (χ1v) is 11.1. The first kappa shape index (κ1) is 21.0. The van der Waals surface area contributed by atoms with Gasteiger partial charge in [0.25, 0.3) is 0 Å². The van der Waals surface area contributed by atoms with E-state index in [1.165, 1.54) is 11.2 Å². The molecular weight excluding hydrogens is 390 g/mol. The van der Waals surface area contributed by atoms with Crippen LogP contribution in [-0.4, -0.2) is 44.0 Å². The van der Waals surface area contributed by atoms with Crippen LogP contribution in [0.15, 0.2) is 53.4 Å². The van der Waals surface area contributed by atoms with E-state index >= 15 is 0 Å². The van der Waals surface area contributed by atoms with Gasteiger partial charge in [0.05, 0.1) is 11.4 Å². The Morgan fingerprint density at radius 1 is 0.966 bits per heavy atom. The molecular formula is C21H25N3O4S. The lowest BCUT2D eigenvalue weighted by atomic mass is 10.1. The van der Waals surface area contributed by atoms with Crippen molar-refractivity contribution in [1.29, 1.82) is 0 Å². The lowest BCUT2D eigenvalue weighted by Crippen LogP contribution is -2.35. The number of ketones is 1. The molecule has 8 heteroatoms. The van der Waals surface area contributed by atoms with Gasteiger partial charge < -0.3 is 10.6 Å². The molecule has 29 heavy (non-hydrogen) atoms. The number of benzene rings is 2. The number of nitrogens with one attached hydrogen (secondary N) is 2. The van der Waals surface area contributed by atoms with Crippen LogP contribution >= 0.6 is 0 Å². The summed E-state index contributed by atoms with van der Waals surface area (Å²) < 4.78 is 27.1. The van der Waals surface area contributed by atoms with Gasteiger partial charge in [0.1, 0.15) is 0 Å². The third-order valence-corrected chi connectivity index (χ3v) is 6.69. The molecule has 2 aromatic carbocycles. The molecule has 0 spiro atoms. The van der Waals surface area contributed by atoms with Crippen molar-refractivity contribution in [2.24, 2.45) is 0 Å². The second-order valence-corrected chi connectivity index (χ2v) is 8.97. The first-order valence-electron chi connectivity index (χ1n) is 9.61. The SMILES string of the molecule is CC(=O)c1cccc(NC(=O)CNc2cccc(S(=O)(=O)N3CCCCC3)c2)c1. The minimum absolute atomic E-state index is 0.0302. The zero-order valence-electron chi connectivity index (χ0n) is 16.3. The molecule has 1 amide bonds. The average molecular weight is 416 g/mol. The van der Waals surface area contributed by atoms with Crippen LogP contribution in [0.1, 0.15) is 36.5 Å². The summed E-state index contributed by atoms with van der Waals surface area (Å²) in [5, 5.41) is 5.68. The number of piperidine rings is 1. The van der Waals surface area contributed by atoms with Crippen LogP contribution in [0.5, 0.6) is 0 Å². The standard InChI is InChI=1S/C21H25N3O4S/c1-16(25)17-7-5-9-19(13-17)23-21(26)15-22-18-8-6-10-20(14-18)29(27,28)24-11-3-2-4-12-24/h5-10,13-14,22H,2-4,11-12,15H2,1H3,(H,23,26). The number of Topliss-reactive ketones (excluding diaryl/α,β-unsaturated/α-hetero) is 1. The number of amides is 1. The highest BCUT2D eigenvalue weighted by molar-refractivity contribution is 7.89. The fraction of sp³-hybridized carbons (Fsp3) is 0.333. The van der Waals surface area contributed by atoms with Crippen LogP contribution in [0.4, 0.5) is 11.4 Å². The number of anilines is 2. The zero-order chi connectivity index (χ0) is 20.9. The zero-order valence-corrected chi connectivity index (χ0v) is 17.2. The Bertz CT molecular complexity index is 998. The largest absolute Gasteiger partial charge is 0.376 e. The van der Waals surface area contributed by atoms with Gasteiger partial charge in [0, 0.05) is 30.0 Å². The van der Waals surface area contributed by atoms with Gasteiger partial charge in [0.15, 0.2) is 5.78 Å². The molecule has 1 fully saturated rings. The van der Waals surface area contributed by atoms with E-state index in [1.54, 1.807) is 48.5 Å². The van der Waals surface area contributed by atoms with Gasteiger partial charge in [-0.2, -0.15) is 4.31 Å².